The van der Waals surface area contributed by atoms with E-state index >= 15 is 0 Å². The molecule has 0 unspecified atom stereocenters. The van der Waals surface area contributed by atoms with E-state index in [-0.39, 0.29) is 0 Å². The number of hydrogen-bond acceptors (Lipinski definition) is 3. The third kappa shape index (κ3) is 3.23. The number of benzene rings is 2. The minimum atomic E-state index is 0.625. The number of nitrogens with one attached hydrogen (secondary N) is 1. The summed E-state index contributed by atoms with van der Waals surface area (Å²) in [5.74, 6) is 1.59. The summed E-state index contributed by atoms with van der Waals surface area (Å²) in [5, 5.41) is 3.15. The topological polar surface area (TPSA) is 30.5 Å². The van der Waals surface area contributed by atoms with Crippen LogP contribution in [0.2, 0.25) is 0 Å². The Morgan fingerprint density at radius 2 is 1.55 bits per heavy atom. The molecule has 0 amide bonds. The maximum absolute atomic E-state index is 5.67. The van der Waals surface area contributed by atoms with Crippen molar-refractivity contribution < 1.29 is 9.47 Å². The third-order valence-corrected chi connectivity index (χ3v) is 3.03. The summed E-state index contributed by atoms with van der Waals surface area (Å²) >= 11 is 0. The van der Waals surface area contributed by atoms with Gasteiger partial charge in [-0.25, -0.2) is 0 Å². The van der Waals surface area contributed by atoms with Crippen molar-refractivity contribution >= 4 is 5.69 Å². The highest BCUT2D eigenvalue weighted by atomic mass is 16.5. The van der Waals surface area contributed by atoms with Crippen molar-refractivity contribution in [3.63, 3.8) is 0 Å². The van der Waals surface area contributed by atoms with Gasteiger partial charge in [-0.2, -0.15) is 0 Å². The maximum atomic E-state index is 5.67. The molecule has 0 aromatic heterocycles. The van der Waals surface area contributed by atoms with Crippen molar-refractivity contribution in [2.45, 2.75) is 13.8 Å². The monoisotopic (exact) mass is 271 g/mol. The van der Waals surface area contributed by atoms with Crippen molar-refractivity contribution in [3.8, 4) is 22.6 Å². The second kappa shape index (κ2) is 6.85. The molecule has 0 saturated carbocycles. The van der Waals surface area contributed by atoms with Gasteiger partial charge in [0.1, 0.15) is 0 Å². The van der Waals surface area contributed by atoms with Crippen LogP contribution in [0.1, 0.15) is 13.8 Å². The average molecular weight is 271 g/mol. The predicted octanol–water partition coefficient (Wildman–Crippen LogP) is 4.19. The number of anilines is 1. The molecule has 0 atom stereocenters. The van der Waals surface area contributed by atoms with Crippen molar-refractivity contribution in [1.29, 1.82) is 0 Å². The predicted molar refractivity (Wildman–Crippen MR) is 83.8 cm³/mol. The Labute approximate surface area is 120 Å². The van der Waals surface area contributed by atoms with Gasteiger partial charge in [0, 0.05) is 12.7 Å². The van der Waals surface area contributed by atoms with E-state index in [2.05, 4.69) is 23.5 Å². The summed E-state index contributed by atoms with van der Waals surface area (Å²) in [5.41, 5.74) is 3.36. The van der Waals surface area contributed by atoms with E-state index in [9.17, 15) is 0 Å². The lowest BCUT2D eigenvalue weighted by Gasteiger charge is -2.13. The van der Waals surface area contributed by atoms with Crippen LogP contribution in [0.15, 0.2) is 42.5 Å². The summed E-state index contributed by atoms with van der Waals surface area (Å²) < 4.78 is 11.3. The van der Waals surface area contributed by atoms with Crippen LogP contribution in [0, 0.1) is 0 Å². The van der Waals surface area contributed by atoms with Gasteiger partial charge in [-0.15, -0.1) is 0 Å². The second-order valence-electron chi connectivity index (χ2n) is 4.36. The van der Waals surface area contributed by atoms with E-state index in [1.807, 2.05) is 45.2 Å². The number of rotatable bonds is 6. The SMILES string of the molecule is CCOc1ccc(-c2cccc(NC)c2)cc1OCC. The highest BCUT2D eigenvalue weighted by Gasteiger charge is 2.07. The summed E-state index contributed by atoms with van der Waals surface area (Å²) in [6.07, 6.45) is 0. The minimum absolute atomic E-state index is 0.625. The average Bonchev–Trinajstić information content (AvgIpc) is 2.49. The number of ether oxygens (including phenoxy) is 2. The zero-order valence-electron chi connectivity index (χ0n) is 12.3. The zero-order chi connectivity index (χ0) is 14.4. The van der Waals surface area contributed by atoms with Crippen LogP contribution in [-0.4, -0.2) is 20.3 Å². The van der Waals surface area contributed by atoms with Gasteiger partial charge in [-0.1, -0.05) is 18.2 Å². The lowest BCUT2D eigenvalue weighted by Crippen LogP contribution is -1.98. The van der Waals surface area contributed by atoms with E-state index < -0.39 is 0 Å². The summed E-state index contributed by atoms with van der Waals surface area (Å²) in [6, 6.07) is 14.3. The molecule has 0 aliphatic rings. The lowest BCUT2D eigenvalue weighted by molar-refractivity contribution is 0.288. The highest BCUT2D eigenvalue weighted by molar-refractivity contribution is 5.70. The lowest BCUT2D eigenvalue weighted by atomic mass is 10.0. The highest BCUT2D eigenvalue weighted by Crippen LogP contribution is 2.33. The van der Waals surface area contributed by atoms with Crippen LogP contribution in [-0.2, 0) is 0 Å². The van der Waals surface area contributed by atoms with E-state index in [0.29, 0.717) is 13.2 Å². The van der Waals surface area contributed by atoms with Gasteiger partial charge in [0.2, 0.25) is 0 Å². The molecule has 1 N–H and O–H groups in total. The Morgan fingerprint density at radius 1 is 0.850 bits per heavy atom. The van der Waals surface area contributed by atoms with Gasteiger partial charge in [0.25, 0.3) is 0 Å². The van der Waals surface area contributed by atoms with E-state index in [4.69, 9.17) is 9.47 Å². The van der Waals surface area contributed by atoms with Crippen molar-refractivity contribution in [3.05, 3.63) is 42.5 Å². The molecule has 0 bridgehead atoms. The summed E-state index contributed by atoms with van der Waals surface area (Å²) in [7, 11) is 1.92. The zero-order valence-corrected chi connectivity index (χ0v) is 12.3. The summed E-state index contributed by atoms with van der Waals surface area (Å²) in [4.78, 5) is 0. The molecule has 2 aromatic carbocycles. The molecule has 0 radical (unpaired) electrons. The fourth-order valence-electron chi connectivity index (χ4n) is 2.08. The largest absolute Gasteiger partial charge is 0.490 e. The van der Waals surface area contributed by atoms with Crippen LogP contribution in [0.25, 0.3) is 11.1 Å². The Balaban J connectivity index is 2.38. The maximum Gasteiger partial charge on any atom is 0.161 e. The first-order chi connectivity index (χ1) is 9.78. The molecule has 0 heterocycles. The van der Waals surface area contributed by atoms with Gasteiger partial charge in [-0.3, -0.25) is 0 Å². The van der Waals surface area contributed by atoms with Gasteiger partial charge in [0.05, 0.1) is 13.2 Å². The molecule has 3 nitrogen and oxygen atoms in total. The molecular formula is C17H21NO2. The molecule has 3 heteroatoms. The first-order valence-corrected chi connectivity index (χ1v) is 6.96. The van der Waals surface area contributed by atoms with E-state index in [1.165, 1.54) is 0 Å². The molecular weight excluding hydrogens is 250 g/mol. The molecule has 0 spiro atoms. The molecule has 0 saturated heterocycles. The molecule has 2 aromatic rings. The van der Waals surface area contributed by atoms with Gasteiger partial charge in [0.15, 0.2) is 11.5 Å². The Kier molecular flexibility index (Phi) is 4.88. The third-order valence-electron chi connectivity index (χ3n) is 3.03. The first kappa shape index (κ1) is 14.3. The molecule has 0 fully saturated rings. The van der Waals surface area contributed by atoms with Crippen LogP contribution < -0.4 is 14.8 Å². The van der Waals surface area contributed by atoms with Crippen LogP contribution in [0.4, 0.5) is 5.69 Å². The van der Waals surface area contributed by atoms with Crippen LogP contribution in [0.5, 0.6) is 11.5 Å². The molecule has 0 aliphatic heterocycles. The van der Waals surface area contributed by atoms with E-state index in [1.54, 1.807) is 0 Å². The van der Waals surface area contributed by atoms with Gasteiger partial charge >= 0.3 is 0 Å². The molecule has 0 aliphatic carbocycles. The standard InChI is InChI=1S/C17H21NO2/c1-4-19-16-10-9-14(12-17(16)20-5-2)13-7-6-8-15(11-13)18-3/h6-12,18H,4-5H2,1-3H3. The molecule has 2 rings (SSSR count). The smallest absolute Gasteiger partial charge is 0.161 e. The van der Waals surface area contributed by atoms with Crippen LogP contribution >= 0.6 is 0 Å². The quantitative estimate of drug-likeness (QED) is 0.854. The van der Waals surface area contributed by atoms with Crippen LogP contribution in [0.3, 0.4) is 0 Å². The minimum Gasteiger partial charge on any atom is -0.490 e. The van der Waals surface area contributed by atoms with Gasteiger partial charge < -0.3 is 14.8 Å². The Hall–Kier alpha value is -2.16. The van der Waals surface area contributed by atoms with Crippen molar-refractivity contribution in [2.24, 2.45) is 0 Å². The Bertz CT molecular complexity index is 567. The number of hydrogen-bond donors (Lipinski definition) is 1. The fourth-order valence-corrected chi connectivity index (χ4v) is 2.08. The fraction of sp³-hybridized carbons (Fsp3) is 0.294. The Morgan fingerprint density at radius 3 is 2.25 bits per heavy atom. The second-order valence-corrected chi connectivity index (χ2v) is 4.36. The first-order valence-electron chi connectivity index (χ1n) is 6.96. The summed E-state index contributed by atoms with van der Waals surface area (Å²) in [6.45, 7) is 5.21. The molecule has 20 heavy (non-hydrogen) atoms. The van der Waals surface area contributed by atoms with E-state index in [0.717, 1.165) is 28.3 Å². The van der Waals surface area contributed by atoms with Crippen molar-refractivity contribution in [2.75, 3.05) is 25.6 Å². The molecule has 106 valence electrons. The van der Waals surface area contributed by atoms with Crippen molar-refractivity contribution in [1.82, 2.24) is 0 Å². The van der Waals surface area contributed by atoms with Gasteiger partial charge in [-0.05, 0) is 49.2 Å². The normalized spacial score (nSPS) is 10.2.